The fourth-order valence-corrected chi connectivity index (χ4v) is 5.98. The van der Waals surface area contributed by atoms with Gasteiger partial charge in [0.05, 0.1) is 26.1 Å². The van der Waals surface area contributed by atoms with Crippen molar-refractivity contribution in [1.82, 2.24) is 39.2 Å². The molecule has 1 unspecified atom stereocenters. The minimum Gasteiger partial charge on any atom is -0.479 e. The topological polar surface area (TPSA) is 212 Å². The van der Waals surface area contributed by atoms with Gasteiger partial charge in [0, 0.05) is 6.20 Å². The van der Waals surface area contributed by atoms with Crippen LogP contribution in [0.25, 0.3) is 16.8 Å². The Balaban J connectivity index is 1.40. The predicted octanol–water partition coefficient (Wildman–Crippen LogP) is 1.58. The highest BCUT2D eigenvalue weighted by molar-refractivity contribution is 7.52. The van der Waals surface area contributed by atoms with Crippen LogP contribution in [0.3, 0.4) is 0 Å². The first-order chi connectivity index (χ1) is 20.3. The van der Waals surface area contributed by atoms with E-state index in [4.69, 9.17) is 29.0 Å². The minimum atomic E-state index is -4.45. The first kappa shape index (κ1) is 30.5. The number of fused-ring (bicyclic) bond motifs is 2. The minimum absolute atomic E-state index is 0.0115. The molecule has 4 aromatic rings. The van der Waals surface area contributed by atoms with Crippen LogP contribution in [0.4, 0.5) is 10.3 Å². The fourth-order valence-electron chi connectivity index (χ4n) is 4.48. The second-order valence-corrected chi connectivity index (χ2v) is 11.9. The van der Waals surface area contributed by atoms with Gasteiger partial charge in [0.15, 0.2) is 34.5 Å². The molecular weight excluding hydrogens is 592 g/mol. The van der Waals surface area contributed by atoms with Gasteiger partial charge in [-0.2, -0.15) is 20.2 Å². The van der Waals surface area contributed by atoms with Crippen LogP contribution in [0.5, 0.6) is 11.6 Å². The van der Waals surface area contributed by atoms with Gasteiger partial charge in [-0.3, -0.25) is 13.9 Å². The summed E-state index contributed by atoms with van der Waals surface area (Å²) in [4.78, 5) is 28.9. The Kier molecular flexibility index (Phi) is 8.24. The number of aromatic nitrogens is 7. The number of methoxy groups -OCH3 is 1. The molecule has 17 nitrogen and oxygen atoms in total. The van der Waals surface area contributed by atoms with Gasteiger partial charge in [-0.1, -0.05) is 0 Å². The van der Waals surface area contributed by atoms with Crippen LogP contribution in [-0.4, -0.2) is 88.9 Å². The molecule has 0 aromatic carbocycles. The van der Waals surface area contributed by atoms with E-state index in [0.717, 1.165) is 6.92 Å². The lowest BCUT2D eigenvalue weighted by molar-refractivity contribution is -0.149. The number of rotatable bonds is 11. The summed E-state index contributed by atoms with van der Waals surface area (Å²) in [7, 11) is -3.08. The Morgan fingerprint density at radius 3 is 2.79 bits per heavy atom. The third-order valence-electron chi connectivity index (χ3n) is 6.52. The Bertz CT molecular complexity index is 1680. The number of halogens is 1. The number of ether oxygens (including phenoxy) is 3. The molecule has 1 aliphatic heterocycles. The molecule has 1 saturated heterocycles. The number of imidazole rings is 1. The highest BCUT2D eigenvalue weighted by Crippen LogP contribution is 2.48. The molecule has 1 fully saturated rings. The zero-order valence-corrected chi connectivity index (χ0v) is 24.7. The Hall–Kier alpha value is -3.96. The molecule has 0 aliphatic carbocycles. The van der Waals surface area contributed by atoms with Gasteiger partial charge in [-0.25, -0.2) is 23.4 Å². The van der Waals surface area contributed by atoms with Crippen molar-refractivity contribution in [2.75, 3.05) is 19.5 Å². The molecular formula is C24H31FN9O8P. The number of hydrogen-bond donors (Lipinski definition) is 3. The number of carbonyl (C=O) groups excluding carboxylic acids is 1. The average Bonchev–Trinajstić information content (AvgIpc) is 3.64. The highest BCUT2D eigenvalue weighted by atomic mass is 31.2. The van der Waals surface area contributed by atoms with Crippen molar-refractivity contribution in [3.05, 3.63) is 31.0 Å². The van der Waals surface area contributed by atoms with Crippen LogP contribution in [0.1, 0.15) is 33.9 Å². The normalized spacial score (nSPS) is 24.3. The molecule has 43 heavy (non-hydrogen) atoms. The van der Waals surface area contributed by atoms with Crippen LogP contribution in [0.15, 0.2) is 31.0 Å². The summed E-state index contributed by atoms with van der Waals surface area (Å²) < 4.78 is 60.4. The van der Waals surface area contributed by atoms with E-state index < -0.39 is 56.6 Å². The van der Waals surface area contributed by atoms with E-state index in [2.05, 4.69) is 30.1 Å². The molecule has 4 N–H and O–H groups in total. The number of carbonyl (C=O) groups is 1. The fraction of sp³-hybridized carbons (Fsp3) is 0.500. The van der Waals surface area contributed by atoms with E-state index >= 15 is 4.39 Å². The Morgan fingerprint density at radius 1 is 1.30 bits per heavy atom. The Morgan fingerprint density at radius 2 is 2.07 bits per heavy atom. The monoisotopic (exact) mass is 623 g/mol. The summed E-state index contributed by atoms with van der Waals surface area (Å²) >= 11 is 0. The molecule has 0 bridgehead atoms. The first-order valence-electron chi connectivity index (χ1n) is 13.1. The van der Waals surface area contributed by atoms with Crippen molar-refractivity contribution < 1.29 is 42.1 Å². The number of nitrogens with zero attached hydrogens (tertiary/aromatic N) is 7. The molecule has 5 heterocycles. The molecule has 5 rings (SSSR count). The van der Waals surface area contributed by atoms with Gasteiger partial charge >= 0.3 is 13.7 Å². The lowest BCUT2D eigenvalue weighted by Gasteiger charge is -2.25. The summed E-state index contributed by atoms with van der Waals surface area (Å²) in [6.07, 6.45) is -0.927. The van der Waals surface area contributed by atoms with Gasteiger partial charge in [-0.15, -0.1) is 0 Å². The summed E-state index contributed by atoms with van der Waals surface area (Å²) in [5.41, 5.74) is 3.87. The number of hydrogen-bond acceptors (Lipinski definition) is 14. The number of aliphatic hydroxyl groups excluding tert-OH is 1. The number of nitrogens with one attached hydrogen (secondary N) is 1. The summed E-state index contributed by atoms with van der Waals surface area (Å²) in [5, 5.41) is 17.5. The maximum absolute atomic E-state index is 16.1. The number of esters is 1. The summed E-state index contributed by atoms with van der Waals surface area (Å²) in [6, 6.07) is 1.89. The molecule has 0 spiro atoms. The Labute approximate surface area is 244 Å². The molecule has 19 heteroatoms. The summed E-state index contributed by atoms with van der Waals surface area (Å²) in [5.74, 6) is -0.794. The lowest BCUT2D eigenvalue weighted by Crippen LogP contribution is -2.41. The maximum atomic E-state index is 16.1. The van der Waals surface area contributed by atoms with Crippen molar-refractivity contribution >= 4 is 36.5 Å². The van der Waals surface area contributed by atoms with Crippen molar-refractivity contribution in [3.8, 4) is 11.6 Å². The largest absolute Gasteiger partial charge is 0.479 e. The molecule has 1 aliphatic rings. The van der Waals surface area contributed by atoms with E-state index in [1.165, 1.54) is 41.8 Å². The van der Waals surface area contributed by atoms with E-state index in [1.807, 2.05) is 0 Å². The lowest BCUT2D eigenvalue weighted by atomic mass is 9.98. The second kappa shape index (κ2) is 11.6. The molecule has 0 amide bonds. The van der Waals surface area contributed by atoms with E-state index in [0.29, 0.717) is 0 Å². The van der Waals surface area contributed by atoms with E-state index in [1.54, 1.807) is 26.1 Å². The zero-order chi connectivity index (χ0) is 31.1. The number of alkyl halides is 1. The van der Waals surface area contributed by atoms with Crippen LogP contribution in [-0.2, 0) is 23.4 Å². The molecule has 6 atom stereocenters. The van der Waals surface area contributed by atoms with Gasteiger partial charge in [-0.05, 0) is 39.8 Å². The third kappa shape index (κ3) is 5.96. The van der Waals surface area contributed by atoms with Crippen molar-refractivity contribution in [2.45, 2.75) is 63.9 Å². The number of aliphatic hydroxyl groups is 1. The molecule has 0 radical (unpaired) electrons. The number of anilines is 1. The number of nitrogen functional groups attached to an aromatic ring is 1. The van der Waals surface area contributed by atoms with Crippen molar-refractivity contribution in [3.63, 3.8) is 0 Å². The van der Waals surface area contributed by atoms with Gasteiger partial charge in [0.1, 0.15) is 24.6 Å². The number of nitrogens with two attached hydrogens (primary N) is 1. The highest BCUT2D eigenvalue weighted by Gasteiger charge is 2.56. The van der Waals surface area contributed by atoms with Crippen LogP contribution in [0, 0.1) is 0 Å². The summed E-state index contributed by atoms with van der Waals surface area (Å²) in [6.45, 7) is 5.22. The van der Waals surface area contributed by atoms with Gasteiger partial charge in [0.2, 0.25) is 11.8 Å². The quantitative estimate of drug-likeness (QED) is 0.160. The van der Waals surface area contributed by atoms with Crippen LogP contribution < -0.4 is 20.1 Å². The van der Waals surface area contributed by atoms with E-state index in [9.17, 15) is 14.5 Å². The van der Waals surface area contributed by atoms with Crippen LogP contribution >= 0.6 is 7.75 Å². The van der Waals surface area contributed by atoms with Gasteiger partial charge in [0.25, 0.3) is 0 Å². The van der Waals surface area contributed by atoms with Gasteiger partial charge < -0.3 is 29.6 Å². The second-order valence-electron chi connectivity index (χ2n) is 10.2. The molecule has 0 saturated carbocycles. The third-order valence-corrected chi connectivity index (χ3v) is 8.15. The standard InChI is InChI=1S/C24H31FN9O8P/c1-12(2)40-21(36)13(3)32-43(37,42-14-7-6-8-34-18(14)27-10-29-34)39-9-15-17(35)24(4,25)22(41-15)33-11-28-16-19(33)30-23(26)31-20(16)38-5/h6-8,10-13,15,17,22,35H,9H2,1-5H3,(H,32,37)(H2,26,30,31)/t13-,15+,17+,22+,24+,43?/m0/s1. The predicted molar refractivity (Wildman–Crippen MR) is 147 cm³/mol. The van der Waals surface area contributed by atoms with Crippen molar-refractivity contribution in [2.24, 2.45) is 0 Å². The number of pyridine rings is 1. The maximum Gasteiger partial charge on any atom is 0.459 e. The molecule has 4 aromatic heterocycles. The average molecular weight is 624 g/mol. The molecule has 232 valence electrons. The van der Waals surface area contributed by atoms with E-state index in [-0.39, 0.29) is 34.4 Å². The van der Waals surface area contributed by atoms with Crippen molar-refractivity contribution in [1.29, 1.82) is 0 Å². The zero-order valence-electron chi connectivity index (χ0n) is 23.8. The smallest absolute Gasteiger partial charge is 0.459 e. The van der Waals surface area contributed by atoms with Crippen LogP contribution in [0.2, 0.25) is 0 Å². The first-order valence-corrected chi connectivity index (χ1v) is 14.6. The SMILES string of the molecule is COc1nc(N)nc2c1ncn2[C@@H]1O[C@H](COP(=O)(N[C@@H](C)C(=O)OC(C)C)Oc2cccn3ncnc23)[C@@H](O)[C@@]1(C)F.